The quantitative estimate of drug-likeness (QED) is 0.503. The fourth-order valence-corrected chi connectivity index (χ4v) is 4.29. The fraction of sp³-hybridized carbons (Fsp3) is 0.350. The minimum Gasteiger partial charge on any atom is -0.457 e. The number of aliphatic hydroxyl groups excluding tert-OH is 1. The van der Waals surface area contributed by atoms with E-state index in [9.17, 15) is 9.90 Å². The summed E-state index contributed by atoms with van der Waals surface area (Å²) in [6, 6.07) is 9.06. The monoisotopic (exact) mass is 488 g/mol. The number of amides is 1. The minimum atomic E-state index is -0.319. The van der Waals surface area contributed by atoms with Crippen LogP contribution in [0.4, 0.5) is 5.13 Å². The molecule has 0 spiro atoms. The van der Waals surface area contributed by atoms with E-state index in [0.717, 1.165) is 41.0 Å². The van der Waals surface area contributed by atoms with Crippen LogP contribution in [0.1, 0.15) is 36.2 Å². The zero-order valence-electron chi connectivity index (χ0n) is 16.8. The molecule has 4 rings (SSSR count). The van der Waals surface area contributed by atoms with Gasteiger partial charge in [-0.1, -0.05) is 24.2 Å². The molecule has 0 radical (unpaired) electrons. The number of fused-ring (bicyclic) bond motifs is 1. The number of nitrogens with one attached hydrogen (secondary N) is 2. The normalized spacial score (nSPS) is 17.5. The minimum absolute atomic E-state index is 0. The van der Waals surface area contributed by atoms with Crippen LogP contribution in [-0.4, -0.2) is 45.7 Å². The fourth-order valence-electron chi connectivity index (χ4n) is 3.33. The predicted octanol–water partition coefficient (Wildman–Crippen LogP) is 3.58. The number of pyridine rings is 1. The highest BCUT2D eigenvalue weighted by Crippen LogP contribution is 2.32. The number of carbonyl (C=O) groups is 1. The van der Waals surface area contributed by atoms with Crippen molar-refractivity contribution < 1.29 is 20.1 Å². The van der Waals surface area contributed by atoms with Crippen LogP contribution in [-0.2, 0) is 0 Å². The number of anilines is 1. The number of halogens is 2. The number of thiazole rings is 1. The van der Waals surface area contributed by atoms with E-state index in [0.29, 0.717) is 17.2 Å². The van der Waals surface area contributed by atoms with Crippen LogP contribution >= 0.6 is 36.2 Å². The third-order valence-corrected chi connectivity index (χ3v) is 5.77. The Morgan fingerprint density at radius 2 is 1.90 bits per heavy atom. The van der Waals surface area contributed by atoms with Gasteiger partial charge in [-0.05, 0) is 31.0 Å². The molecule has 1 aromatic carbocycles. The van der Waals surface area contributed by atoms with E-state index in [-0.39, 0.29) is 48.3 Å². The maximum Gasteiger partial charge on any atom is 0.269 e. The maximum absolute atomic E-state index is 11.7. The molecule has 8 nitrogen and oxygen atoms in total. The number of carbonyl (C=O) groups excluding carboxylic acids is 1. The van der Waals surface area contributed by atoms with Crippen LogP contribution in [0.15, 0.2) is 36.5 Å². The Morgan fingerprint density at radius 1 is 1.16 bits per heavy atom. The second-order valence-corrected chi connectivity index (χ2v) is 7.84. The van der Waals surface area contributed by atoms with Gasteiger partial charge in [-0.2, -0.15) is 0 Å². The highest BCUT2D eigenvalue weighted by Gasteiger charge is 2.23. The number of nitrogens with zero attached hydrogens (tertiary/aromatic N) is 2. The lowest BCUT2D eigenvalue weighted by molar-refractivity contribution is 0.0957. The van der Waals surface area contributed by atoms with E-state index in [1.165, 1.54) is 11.3 Å². The van der Waals surface area contributed by atoms with Crippen molar-refractivity contribution in [2.75, 3.05) is 12.4 Å². The standard InChI is InChI=1S/C20H22N4O3S.2ClH.H2O/c1-21-19(26)16-10-13(8-9-22-16)27-12-6-7-15-18(11-12)28-20(24-15)23-14-4-2-3-5-17(14)25;;;/h6-11,14,17,25H,2-5H2,1H3,(H,21,26)(H,23,24);2*1H;1H2/t14-,17-;;;/m1.../s1. The van der Waals surface area contributed by atoms with Crippen LogP contribution < -0.4 is 15.4 Å². The number of rotatable bonds is 5. The van der Waals surface area contributed by atoms with E-state index in [4.69, 9.17) is 4.74 Å². The van der Waals surface area contributed by atoms with Crippen molar-refractivity contribution >= 4 is 57.4 Å². The number of aromatic nitrogens is 2. The first kappa shape index (κ1) is 26.9. The molecule has 0 unspecified atom stereocenters. The first-order chi connectivity index (χ1) is 13.6. The zero-order chi connectivity index (χ0) is 19.5. The number of aliphatic hydroxyl groups is 1. The Labute approximate surface area is 196 Å². The Balaban J connectivity index is 0.00000160. The lowest BCUT2D eigenvalue weighted by atomic mass is 9.93. The Morgan fingerprint density at radius 3 is 2.65 bits per heavy atom. The molecule has 3 aromatic rings. The van der Waals surface area contributed by atoms with Crippen LogP contribution in [0.5, 0.6) is 11.5 Å². The molecule has 31 heavy (non-hydrogen) atoms. The summed E-state index contributed by atoms with van der Waals surface area (Å²) in [5, 5.41) is 16.9. The summed E-state index contributed by atoms with van der Waals surface area (Å²) >= 11 is 1.54. The van der Waals surface area contributed by atoms with Gasteiger partial charge in [0.05, 0.1) is 22.4 Å². The number of hydrogen-bond acceptors (Lipinski definition) is 7. The van der Waals surface area contributed by atoms with Crippen molar-refractivity contribution in [1.82, 2.24) is 15.3 Å². The third-order valence-electron chi connectivity index (χ3n) is 4.83. The summed E-state index contributed by atoms with van der Waals surface area (Å²) in [6.45, 7) is 0. The summed E-state index contributed by atoms with van der Waals surface area (Å²) in [7, 11) is 1.56. The molecule has 1 fully saturated rings. The molecule has 2 atom stereocenters. The van der Waals surface area contributed by atoms with Gasteiger partial charge in [0, 0.05) is 25.4 Å². The molecule has 5 N–H and O–H groups in total. The van der Waals surface area contributed by atoms with Gasteiger partial charge in [-0.25, -0.2) is 4.98 Å². The van der Waals surface area contributed by atoms with E-state index >= 15 is 0 Å². The van der Waals surface area contributed by atoms with E-state index in [1.807, 2.05) is 18.2 Å². The van der Waals surface area contributed by atoms with Gasteiger partial charge in [-0.3, -0.25) is 9.78 Å². The topological polar surface area (TPSA) is 128 Å². The van der Waals surface area contributed by atoms with E-state index in [1.54, 1.807) is 25.4 Å². The van der Waals surface area contributed by atoms with E-state index in [2.05, 4.69) is 20.6 Å². The van der Waals surface area contributed by atoms with Crippen LogP contribution in [0.3, 0.4) is 0 Å². The molecule has 11 heteroatoms. The second-order valence-electron chi connectivity index (χ2n) is 6.81. The van der Waals surface area contributed by atoms with Crippen molar-refractivity contribution in [3.8, 4) is 11.5 Å². The molecule has 0 bridgehead atoms. The highest BCUT2D eigenvalue weighted by molar-refractivity contribution is 7.22. The number of hydrogen-bond donors (Lipinski definition) is 3. The van der Waals surface area contributed by atoms with Gasteiger partial charge in [-0.15, -0.1) is 24.8 Å². The maximum atomic E-state index is 11.7. The first-order valence-corrected chi connectivity index (χ1v) is 10.2. The molecule has 170 valence electrons. The third kappa shape index (κ3) is 6.41. The molecule has 1 aliphatic carbocycles. The lowest BCUT2D eigenvalue weighted by Gasteiger charge is -2.27. The van der Waals surface area contributed by atoms with Crippen molar-refractivity contribution in [2.45, 2.75) is 37.8 Å². The molecule has 1 saturated carbocycles. The Bertz CT molecular complexity index is 1000. The smallest absolute Gasteiger partial charge is 0.269 e. The van der Waals surface area contributed by atoms with Crippen LogP contribution in [0.25, 0.3) is 10.2 Å². The number of benzene rings is 1. The molecular formula is C20H26Cl2N4O4S. The molecule has 2 aromatic heterocycles. The van der Waals surface area contributed by atoms with Gasteiger partial charge in [0.2, 0.25) is 0 Å². The summed E-state index contributed by atoms with van der Waals surface area (Å²) in [4.78, 5) is 20.4. The number of ether oxygens (including phenoxy) is 1. The molecule has 1 amide bonds. The van der Waals surface area contributed by atoms with Crippen LogP contribution in [0, 0.1) is 0 Å². The molecule has 1 aliphatic rings. The average Bonchev–Trinajstić information content (AvgIpc) is 3.11. The van der Waals surface area contributed by atoms with Crippen molar-refractivity contribution in [1.29, 1.82) is 0 Å². The summed E-state index contributed by atoms with van der Waals surface area (Å²) in [5.41, 5.74) is 1.18. The van der Waals surface area contributed by atoms with E-state index < -0.39 is 0 Å². The highest BCUT2D eigenvalue weighted by atomic mass is 35.5. The van der Waals surface area contributed by atoms with Crippen LogP contribution in [0.2, 0.25) is 0 Å². The zero-order valence-corrected chi connectivity index (χ0v) is 19.3. The summed E-state index contributed by atoms with van der Waals surface area (Å²) in [5.74, 6) is 0.944. The average molecular weight is 489 g/mol. The van der Waals surface area contributed by atoms with Gasteiger partial charge >= 0.3 is 0 Å². The SMILES string of the molecule is CNC(=O)c1cc(Oc2ccc3nc(N[C@@H]4CCCC[C@H]4O)sc3c2)ccn1.Cl.Cl.O. The lowest BCUT2D eigenvalue weighted by Crippen LogP contribution is -2.36. The second kappa shape index (κ2) is 12.0. The van der Waals surface area contributed by atoms with Crippen molar-refractivity contribution in [3.63, 3.8) is 0 Å². The Kier molecular flexibility index (Phi) is 10.4. The summed E-state index contributed by atoms with van der Waals surface area (Å²) < 4.78 is 6.89. The van der Waals surface area contributed by atoms with Crippen molar-refractivity contribution in [3.05, 3.63) is 42.2 Å². The van der Waals surface area contributed by atoms with Gasteiger partial charge in [0.1, 0.15) is 17.2 Å². The molecule has 0 aliphatic heterocycles. The molecular weight excluding hydrogens is 463 g/mol. The summed E-state index contributed by atoms with van der Waals surface area (Å²) in [6.07, 6.45) is 5.23. The Hall–Kier alpha value is -2.17. The van der Waals surface area contributed by atoms with Gasteiger partial charge in [0.25, 0.3) is 5.91 Å². The first-order valence-electron chi connectivity index (χ1n) is 9.33. The van der Waals surface area contributed by atoms with Crippen molar-refractivity contribution in [2.24, 2.45) is 0 Å². The largest absolute Gasteiger partial charge is 0.457 e. The molecule has 0 saturated heterocycles. The predicted molar refractivity (Wildman–Crippen MR) is 127 cm³/mol. The molecule has 2 heterocycles. The van der Waals surface area contributed by atoms with Gasteiger partial charge < -0.3 is 26.0 Å². The van der Waals surface area contributed by atoms with Gasteiger partial charge in [0.15, 0.2) is 5.13 Å².